The van der Waals surface area contributed by atoms with Gasteiger partial charge in [0.05, 0.1) is 4.90 Å². The van der Waals surface area contributed by atoms with Crippen LogP contribution in [0.5, 0.6) is 0 Å². The predicted molar refractivity (Wildman–Crippen MR) is 83.7 cm³/mol. The minimum atomic E-state index is -3.52. The Bertz CT molecular complexity index is 689. The molecule has 0 saturated carbocycles. The average molecular weight is 322 g/mol. The first-order valence-electron chi connectivity index (χ1n) is 7.55. The second kappa shape index (κ2) is 5.06. The molecule has 2 fully saturated rings. The van der Waals surface area contributed by atoms with Gasteiger partial charge in [0.25, 0.3) is 0 Å². The van der Waals surface area contributed by atoms with Crippen LogP contribution in [0.4, 0.5) is 0 Å². The first kappa shape index (κ1) is 15.5. The lowest BCUT2D eigenvalue weighted by Gasteiger charge is -2.46. The lowest BCUT2D eigenvalue weighted by atomic mass is 9.69. The molecule has 5 nitrogen and oxygen atoms in total. The van der Waals surface area contributed by atoms with Crippen molar-refractivity contribution in [3.63, 3.8) is 0 Å². The van der Waals surface area contributed by atoms with E-state index in [1.165, 1.54) is 0 Å². The molecule has 2 saturated heterocycles. The highest BCUT2D eigenvalue weighted by Gasteiger charge is 2.49. The summed E-state index contributed by atoms with van der Waals surface area (Å²) in [4.78, 5) is 12.2. The van der Waals surface area contributed by atoms with Gasteiger partial charge in [0.1, 0.15) is 0 Å². The van der Waals surface area contributed by atoms with E-state index in [0.29, 0.717) is 31.0 Å². The summed E-state index contributed by atoms with van der Waals surface area (Å²) in [6.07, 6.45) is 1.24. The van der Waals surface area contributed by atoms with E-state index in [0.717, 1.165) is 6.42 Å². The van der Waals surface area contributed by atoms with Gasteiger partial charge in [-0.05, 0) is 29.4 Å². The fourth-order valence-electron chi connectivity index (χ4n) is 3.96. The molecule has 3 rings (SSSR count). The van der Waals surface area contributed by atoms with Crippen LogP contribution < -0.4 is 5.32 Å². The highest BCUT2D eigenvalue weighted by atomic mass is 32.2. The molecule has 2 aliphatic heterocycles. The zero-order chi connectivity index (χ0) is 16.0. The molecule has 1 aromatic carbocycles. The van der Waals surface area contributed by atoms with Crippen LogP contribution >= 0.6 is 0 Å². The van der Waals surface area contributed by atoms with Crippen molar-refractivity contribution in [1.29, 1.82) is 0 Å². The van der Waals surface area contributed by atoms with Crippen molar-refractivity contribution in [2.45, 2.75) is 31.6 Å². The van der Waals surface area contributed by atoms with Gasteiger partial charge in [-0.2, -0.15) is 4.31 Å². The van der Waals surface area contributed by atoms with Gasteiger partial charge in [0, 0.05) is 26.1 Å². The van der Waals surface area contributed by atoms with Crippen LogP contribution in [0.15, 0.2) is 35.2 Å². The van der Waals surface area contributed by atoms with Gasteiger partial charge in [0.2, 0.25) is 15.9 Å². The topological polar surface area (TPSA) is 66.5 Å². The van der Waals surface area contributed by atoms with Crippen molar-refractivity contribution in [2.24, 2.45) is 10.8 Å². The highest BCUT2D eigenvalue weighted by Crippen LogP contribution is 2.45. The predicted octanol–water partition coefficient (Wildman–Crippen LogP) is 1.61. The van der Waals surface area contributed by atoms with Crippen molar-refractivity contribution in [3.8, 4) is 0 Å². The summed E-state index contributed by atoms with van der Waals surface area (Å²) in [5, 5.41) is 2.93. The van der Waals surface area contributed by atoms with Gasteiger partial charge in [-0.25, -0.2) is 8.42 Å². The molecule has 0 spiro atoms. The van der Waals surface area contributed by atoms with Crippen molar-refractivity contribution < 1.29 is 13.2 Å². The fraction of sp³-hybridized carbons (Fsp3) is 0.562. The summed E-state index contributed by atoms with van der Waals surface area (Å²) >= 11 is 0. The molecule has 1 amide bonds. The molecular weight excluding hydrogens is 300 g/mol. The maximum absolute atomic E-state index is 12.9. The maximum atomic E-state index is 12.9. The van der Waals surface area contributed by atoms with E-state index in [4.69, 9.17) is 0 Å². The number of benzene rings is 1. The van der Waals surface area contributed by atoms with Gasteiger partial charge in [-0.3, -0.25) is 4.79 Å². The summed E-state index contributed by atoms with van der Waals surface area (Å²) in [6.45, 7) is 5.45. The molecule has 0 radical (unpaired) electrons. The molecule has 2 aliphatic rings. The molecule has 0 aliphatic carbocycles. The normalized spacial score (nSPS) is 33.1. The van der Waals surface area contributed by atoms with E-state index < -0.39 is 10.0 Å². The number of amides is 1. The van der Waals surface area contributed by atoms with Crippen LogP contribution in [-0.4, -0.2) is 38.3 Å². The van der Waals surface area contributed by atoms with Crippen LogP contribution in [0.25, 0.3) is 0 Å². The first-order chi connectivity index (χ1) is 10.2. The zero-order valence-corrected chi connectivity index (χ0v) is 13.8. The number of nitrogens with one attached hydrogen (secondary N) is 1. The fourth-order valence-corrected chi connectivity index (χ4v) is 5.72. The smallest absolute Gasteiger partial charge is 0.243 e. The lowest BCUT2D eigenvalue weighted by Crippen LogP contribution is -2.53. The molecule has 1 N–H and O–H groups in total. The highest BCUT2D eigenvalue weighted by molar-refractivity contribution is 7.89. The third-order valence-electron chi connectivity index (χ3n) is 4.65. The maximum Gasteiger partial charge on any atom is 0.243 e. The van der Waals surface area contributed by atoms with E-state index in [1.54, 1.807) is 34.6 Å². The Morgan fingerprint density at radius 1 is 1.09 bits per heavy atom. The zero-order valence-electron chi connectivity index (χ0n) is 13.0. The molecule has 6 heteroatoms. The Morgan fingerprint density at radius 2 is 1.73 bits per heavy atom. The van der Waals surface area contributed by atoms with Crippen LogP contribution in [-0.2, 0) is 14.8 Å². The van der Waals surface area contributed by atoms with Gasteiger partial charge in [-0.1, -0.05) is 32.0 Å². The van der Waals surface area contributed by atoms with Crippen molar-refractivity contribution in [2.75, 3.05) is 19.6 Å². The van der Waals surface area contributed by atoms with Crippen molar-refractivity contribution in [1.82, 2.24) is 9.62 Å². The number of nitrogens with zero attached hydrogens (tertiary/aromatic N) is 1. The monoisotopic (exact) mass is 322 g/mol. The summed E-state index contributed by atoms with van der Waals surface area (Å²) in [7, 11) is -3.52. The second-order valence-corrected chi connectivity index (χ2v) is 9.28. The molecule has 2 atom stereocenters. The molecule has 0 aromatic heterocycles. The first-order valence-corrected chi connectivity index (χ1v) is 8.99. The number of fused-ring (bicyclic) bond motifs is 2. The molecule has 2 bridgehead atoms. The summed E-state index contributed by atoms with van der Waals surface area (Å²) in [5.74, 6) is 0.0187. The summed E-state index contributed by atoms with van der Waals surface area (Å²) in [6, 6.07) is 8.53. The van der Waals surface area contributed by atoms with Crippen molar-refractivity contribution in [3.05, 3.63) is 30.3 Å². The number of sulfonamides is 1. The summed E-state index contributed by atoms with van der Waals surface area (Å²) < 4.78 is 27.4. The van der Waals surface area contributed by atoms with Gasteiger partial charge < -0.3 is 5.32 Å². The van der Waals surface area contributed by atoms with E-state index >= 15 is 0 Å². The Hall–Kier alpha value is -1.40. The minimum absolute atomic E-state index is 0.0187. The number of piperidine rings is 1. The van der Waals surface area contributed by atoms with Gasteiger partial charge >= 0.3 is 0 Å². The molecule has 22 heavy (non-hydrogen) atoms. The number of hydrogen-bond acceptors (Lipinski definition) is 3. The Labute approximate surface area is 131 Å². The Balaban J connectivity index is 1.98. The van der Waals surface area contributed by atoms with E-state index in [9.17, 15) is 13.2 Å². The van der Waals surface area contributed by atoms with Crippen LogP contribution in [0, 0.1) is 10.8 Å². The summed E-state index contributed by atoms with van der Waals surface area (Å²) in [5.41, 5.74) is -0.531. The number of hydrogen-bond donors (Lipinski definition) is 1. The van der Waals surface area contributed by atoms with Crippen LogP contribution in [0.1, 0.15) is 26.7 Å². The quantitative estimate of drug-likeness (QED) is 0.899. The van der Waals surface area contributed by atoms with Crippen LogP contribution in [0.2, 0.25) is 0 Å². The molecule has 120 valence electrons. The Morgan fingerprint density at radius 3 is 2.41 bits per heavy atom. The average Bonchev–Trinajstić information content (AvgIpc) is 2.52. The van der Waals surface area contributed by atoms with Gasteiger partial charge in [0.15, 0.2) is 0 Å². The third-order valence-corrected chi connectivity index (χ3v) is 6.46. The minimum Gasteiger partial charge on any atom is -0.355 e. The number of rotatable bonds is 2. The largest absolute Gasteiger partial charge is 0.355 e. The van der Waals surface area contributed by atoms with E-state index in [1.807, 2.05) is 6.92 Å². The second-order valence-electron chi connectivity index (χ2n) is 7.34. The standard InChI is InChI=1S/C16H22N2O3S/c1-15-8-14(19)17-10-16(2,9-15)12-18(11-15)22(20,21)13-6-4-3-5-7-13/h3-7H,8-12H2,1-2H3,(H,17,19). The van der Waals surface area contributed by atoms with Gasteiger partial charge in [-0.15, -0.1) is 0 Å². The Kier molecular flexibility index (Phi) is 3.57. The molecular formula is C16H22N2O3S. The van der Waals surface area contributed by atoms with Crippen LogP contribution in [0.3, 0.4) is 0 Å². The number of carbonyl (C=O) groups is 1. The van der Waals surface area contributed by atoms with E-state index in [-0.39, 0.29) is 16.7 Å². The number of carbonyl (C=O) groups excluding carboxylic acids is 1. The molecule has 2 heterocycles. The SMILES string of the molecule is CC12CNC(=O)CC(C)(CN(S(=O)(=O)c3ccccc3)C1)C2. The molecule has 1 aromatic rings. The lowest BCUT2D eigenvalue weighted by molar-refractivity contribution is -0.122. The van der Waals surface area contributed by atoms with Crippen molar-refractivity contribution >= 4 is 15.9 Å². The molecule has 2 unspecified atom stereocenters. The third kappa shape index (κ3) is 2.77. The van der Waals surface area contributed by atoms with E-state index in [2.05, 4.69) is 12.2 Å².